The summed E-state index contributed by atoms with van der Waals surface area (Å²) in [5.74, 6) is 0.0476. The number of benzene rings is 1. The van der Waals surface area contributed by atoms with Crippen molar-refractivity contribution in [1.82, 2.24) is 0 Å². The summed E-state index contributed by atoms with van der Waals surface area (Å²) in [6.07, 6.45) is 3.87. The molecule has 2 N–H and O–H groups in total. The van der Waals surface area contributed by atoms with E-state index in [1.54, 1.807) is 17.2 Å². The number of phenols is 1. The molecule has 0 atom stereocenters. The minimum Gasteiger partial charge on any atom is -0.506 e. The van der Waals surface area contributed by atoms with E-state index in [1.165, 1.54) is 25.7 Å². The molecule has 0 saturated carbocycles. The van der Waals surface area contributed by atoms with Crippen LogP contribution in [0, 0.1) is 0 Å². The van der Waals surface area contributed by atoms with Crippen LogP contribution in [0.5, 0.6) is 5.75 Å². The Morgan fingerprint density at radius 3 is 2.68 bits per heavy atom. The van der Waals surface area contributed by atoms with Gasteiger partial charge in [0, 0.05) is 29.6 Å². The Morgan fingerprint density at radius 1 is 1.37 bits per heavy atom. The summed E-state index contributed by atoms with van der Waals surface area (Å²) in [7, 11) is 0. The zero-order chi connectivity index (χ0) is 13.8. The van der Waals surface area contributed by atoms with Crippen molar-refractivity contribution < 1.29 is 10.0 Å². The molecule has 0 bridgehead atoms. The number of aliphatic imine (C=N–C) groups is 1. The lowest BCUT2D eigenvalue weighted by Crippen LogP contribution is -3.12. The molecule has 1 aromatic rings. The standard InChI is InChI=1S/C14H18Cl2N2O/c1-2-18-5-3-12(4-6-18)17-9-10-7-11(15)8-13(16)14(10)19/h7-9,12,19H,2-6H2,1H3/p+1. The van der Waals surface area contributed by atoms with E-state index in [4.69, 9.17) is 23.2 Å². The van der Waals surface area contributed by atoms with Crippen molar-refractivity contribution in [2.24, 2.45) is 4.99 Å². The van der Waals surface area contributed by atoms with Gasteiger partial charge in [-0.2, -0.15) is 0 Å². The van der Waals surface area contributed by atoms with Crippen molar-refractivity contribution in [3.8, 4) is 5.75 Å². The topological polar surface area (TPSA) is 37.0 Å². The van der Waals surface area contributed by atoms with Crippen molar-refractivity contribution in [1.29, 1.82) is 0 Å². The number of rotatable bonds is 3. The van der Waals surface area contributed by atoms with Crippen LogP contribution < -0.4 is 4.90 Å². The molecule has 0 radical (unpaired) electrons. The van der Waals surface area contributed by atoms with Crippen LogP contribution in [0.3, 0.4) is 0 Å². The van der Waals surface area contributed by atoms with Crippen LogP contribution in [0.25, 0.3) is 0 Å². The van der Waals surface area contributed by atoms with Gasteiger partial charge in [0.25, 0.3) is 0 Å². The van der Waals surface area contributed by atoms with Gasteiger partial charge >= 0.3 is 0 Å². The van der Waals surface area contributed by atoms with Crippen LogP contribution in [0.4, 0.5) is 0 Å². The molecule has 104 valence electrons. The Balaban J connectivity index is 2.03. The first-order valence-electron chi connectivity index (χ1n) is 6.65. The Labute approximate surface area is 123 Å². The number of hydrogen-bond acceptors (Lipinski definition) is 2. The number of hydrogen-bond donors (Lipinski definition) is 2. The third kappa shape index (κ3) is 3.85. The molecular weight excluding hydrogens is 283 g/mol. The fourth-order valence-corrected chi connectivity index (χ4v) is 2.89. The van der Waals surface area contributed by atoms with E-state index in [0.717, 1.165) is 12.8 Å². The molecule has 0 aromatic heterocycles. The Bertz CT molecular complexity index is 469. The van der Waals surface area contributed by atoms with Gasteiger partial charge in [-0.1, -0.05) is 23.2 Å². The highest BCUT2D eigenvalue weighted by Crippen LogP contribution is 2.30. The second-order valence-corrected chi connectivity index (χ2v) is 5.78. The molecule has 1 fully saturated rings. The molecule has 1 aromatic carbocycles. The summed E-state index contributed by atoms with van der Waals surface area (Å²) in [6.45, 7) is 5.73. The minimum atomic E-state index is 0.0476. The molecule has 1 heterocycles. The fraction of sp³-hybridized carbons (Fsp3) is 0.500. The maximum atomic E-state index is 9.85. The number of quaternary nitrogens is 1. The van der Waals surface area contributed by atoms with Crippen molar-refractivity contribution in [3.05, 3.63) is 27.7 Å². The summed E-state index contributed by atoms with van der Waals surface area (Å²) in [6, 6.07) is 3.55. The molecule has 0 amide bonds. The van der Waals surface area contributed by atoms with Crippen LogP contribution in [-0.2, 0) is 0 Å². The molecule has 19 heavy (non-hydrogen) atoms. The second-order valence-electron chi connectivity index (χ2n) is 4.94. The largest absolute Gasteiger partial charge is 0.506 e. The third-order valence-electron chi connectivity index (χ3n) is 3.64. The molecule has 1 aliphatic heterocycles. The monoisotopic (exact) mass is 301 g/mol. The maximum absolute atomic E-state index is 9.85. The summed E-state index contributed by atoms with van der Waals surface area (Å²) >= 11 is 11.8. The number of halogens is 2. The molecule has 0 spiro atoms. The lowest BCUT2D eigenvalue weighted by molar-refractivity contribution is -0.903. The third-order valence-corrected chi connectivity index (χ3v) is 4.15. The van der Waals surface area contributed by atoms with E-state index >= 15 is 0 Å². The number of aromatic hydroxyl groups is 1. The van der Waals surface area contributed by atoms with E-state index in [0.29, 0.717) is 16.6 Å². The van der Waals surface area contributed by atoms with Crippen molar-refractivity contribution >= 4 is 29.4 Å². The van der Waals surface area contributed by atoms with Gasteiger partial charge in [-0.15, -0.1) is 0 Å². The minimum absolute atomic E-state index is 0.0476. The molecular formula is C14H19Cl2N2O+. The highest BCUT2D eigenvalue weighted by atomic mass is 35.5. The molecule has 2 rings (SSSR count). The molecule has 0 unspecified atom stereocenters. The molecule has 5 heteroatoms. The highest BCUT2D eigenvalue weighted by molar-refractivity contribution is 6.36. The van der Waals surface area contributed by atoms with E-state index in [2.05, 4.69) is 11.9 Å². The summed E-state index contributed by atoms with van der Waals surface area (Å²) in [5, 5.41) is 10.6. The van der Waals surface area contributed by atoms with Gasteiger partial charge in [-0.05, 0) is 19.1 Å². The van der Waals surface area contributed by atoms with Gasteiger partial charge in [0.15, 0.2) is 0 Å². The average Bonchev–Trinajstić information content (AvgIpc) is 2.41. The fourth-order valence-electron chi connectivity index (χ4n) is 2.38. The van der Waals surface area contributed by atoms with Gasteiger partial charge in [0.1, 0.15) is 5.75 Å². The first-order chi connectivity index (χ1) is 9.10. The molecule has 3 nitrogen and oxygen atoms in total. The Hall–Kier alpha value is -0.770. The SMILES string of the molecule is CC[NH+]1CCC(N=Cc2cc(Cl)cc(Cl)c2O)CC1. The first kappa shape index (κ1) is 14.6. The Morgan fingerprint density at radius 2 is 2.05 bits per heavy atom. The second kappa shape index (κ2) is 6.60. The summed E-state index contributed by atoms with van der Waals surface area (Å²) < 4.78 is 0. The number of nitrogens with one attached hydrogen (secondary N) is 1. The van der Waals surface area contributed by atoms with Crippen LogP contribution in [0.2, 0.25) is 10.0 Å². The predicted octanol–water partition coefficient (Wildman–Crippen LogP) is 2.19. The van der Waals surface area contributed by atoms with Gasteiger partial charge in [0.05, 0.1) is 30.7 Å². The van der Waals surface area contributed by atoms with Gasteiger partial charge < -0.3 is 10.0 Å². The van der Waals surface area contributed by atoms with Crippen LogP contribution in [0.1, 0.15) is 25.3 Å². The highest BCUT2D eigenvalue weighted by Gasteiger charge is 2.19. The van der Waals surface area contributed by atoms with Crippen LogP contribution in [0.15, 0.2) is 17.1 Å². The quantitative estimate of drug-likeness (QED) is 0.825. The normalized spacial score (nSPS) is 23.9. The number of likely N-dealkylation sites (tertiary alicyclic amines) is 1. The number of phenolic OH excluding ortho intramolecular Hbond substituents is 1. The average molecular weight is 302 g/mol. The van der Waals surface area contributed by atoms with Gasteiger partial charge in [-0.25, -0.2) is 0 Å². The van der Waals surface area contributed by atoms with Gasteiger partial charge in [-0.3, -0.25) is 4.99 Å². The number of nitrogens with zero attached hydrogens (tertiary/aromatic N) is 1. The van der Waals surface area contributed by atoms with E-state index < -0.39 is 0 Å². The van der Waals surface area contributed by atoms with Crippen molar-refractivity contribution in [2.75, 3.05) is 19.6 Å². The summed E-state index contributed by atoms with van der Waals surface area (Å²) in [5.41, 5.74) is 0.586. The predicted molar refractivity (Wildman–Crippen MR) is 80.0 cm³/mol. The zero-order valence-corrected chi connectivity index (χ0v) is 12.5. The molecule has 1 aliphatic rings. The van der Waals surface area contributed by atoms with E-state index in [9.17, 15) is 5.11 Å². The summed E-state index contributed by atoms with van der Waals surface area (Å²) in [4.78, 5) is 6.19. The van der Waals surface area contributed by atoms with Crippen molar-refractivity contribution in [2.45, 2.75) is 25.8 Å². The molecule has 1 saturated heterocycles. The van der Waals surface area contributed by atoms with Crippen LogP contribution in [-0.4, -0.2) is 37.0 Å². The van der Waals surface area contributed by atoms with Crippen LogP contribution >= 0.6 is 23.2 Å². The zero-order valence-electron chi connectivity index (χ0n) is 11.0. The maximum Gasteiger partial charge on any atom is 0.143 e. The Kier molecular flexibility index (Phi) is 5.08. The van der Waals surface area contributed by atoms with E-state index in [1.807, 2.05) is 0 Å². The van der Waals surface area contributed by atoms with E-state index in [-0.39, 0.29) is 10.8 Å². The van der Waals surface area contributed by atoms with Crippen molar-refractivity contribution in [3.63, 3.8) is 0 Å². The molecule has 0 aliphatic carbocycles. The lowest BCUT2D eigenvalue weighted by Gasteiger charge is -2.26. The first-order valence-corrected chi connectivity index (χ1v) is 7.40. The lowest BCUT2D eigenvalue weighted by atomic mass is 10.1. The van der Waals surface area contributed by atoms with Gasteiger partial charge in [0.2, 0.25) is 0 Å². The smallest absolute Gasteiger partial charge is 0.143 e. The number of piperidine rings is 1.